The average Bonchev–Trinajstić information content (AvgIpc) is 3.35. The SMILES string of the molecule is CCCCCCCCCCCCCCNC(=O)OCC(COP(=O)([O-])OCCc1[nH+]ccs1)OC. The van der Waals surface area contributed by atoms with Crippen LogP contribution in [0.3, 0.4) is 0 Å². The summed E-state index contributed by atoms with van der Waals surface area (Å²) in [5.41, 5.74) is 0. The number of rotatable bonds is 23. The van der Waals surface area contributed by atoms with E-state index in [-0.39, 0.29) is 19.8 Å². The van der Waals surface area contributed by atoms with Crippen molar-refractivity contribution in [2.24, 2.45) is 0 Å². The molecule has 0 bridgehead atoms. The Bertz CT molecular complexity index is 679. The minimum atomic E-state index is -4.46. The number of unbranched alkanes of at least 4 members (excludes halogenated alkanes) is 11. The van der Waals surface area contributed by atoms with Crippen LogP contribution in [0.15, 0.2) is 11.6 Å². The van der Waals surface area contributed by atoms with E-state index >= 15 is 0 Å². The zero-order valence-electron chi connectivity index (χ0n) is 21.5. The molecule has 0 aliphatic rings. The summed E-state index contributed by atoms with van der Waals surface area (Å²) in [7, 11) is -3.07. The van der Waals surface area contributed by atoms with Crippen molar-refractivity contribution in [1.82, 2.24) is 5.32 Å². The monoisotopic (exact) mass is 536 g/mol. The molecule has 0 aliphatic carbocycles. The van der Waals surface area contributed by atoms with Gasteiger partial charge in [-0.15, -0.1) is 0 Å². The molecule has 2 N–H and O–H groups in total. The van der Waals surface area contributed by atoms with Gasteiger partial charge in [0.15, 0.2) is 6.20 Å². The van der Waals surface area contributed by atoms with Gasteiger partial charge in [-0.25, -0.2) is 9.78 Å². The van der Waals surface area contributed by atoms with Crippen molar-refractivity contribution < 1.29 is 37.8 Å². The molecule has 0 aliphatic heterocycles. The molecular weight excluding hydrogens is 491 g/mol. The van der Waals surface area contributed by atoms with E-state index in [1.54, 1.807) is 6.20 Å². The van der Waals surface area contributed by atoms with Crippen molar-refractivity contribution in [3.05, 3.63) is 16.6 Å². The van der Waals surface area contributed by atoms with Gasteiger partial charge in [-0.3, -0.25) is 4.57 Å². The van der Waals surface area contributed by atoms with Gasteiger partial charge in [-0.05, 0) is 6.42 Å². The van der Waals surface area contributed by atoms with Crippen LogP contribution >= 0.6 is 19.2 Å². The number of alkyl carbamates (subject to hydrolysis) is 1. The molecule has 1 rings (SSSR count). The molecular formula is C24H45N2O7PS. The molecule has 11 heteroatoms. The molecule has 2 atom stereocenters. The average molecular weight is 537 g/mol. The molecule has 35 heavy (non-hydrogen) atoms. The number of ether oxygens (including phenoxy) is 2. The zero-order chi connectivity index (χ0) is 25.6. The fourth-order valence-corrected chi connectivity index (χ4v) is 4.81. The van der Waals surface area contributed by atoms with E-state index in [1.165, 1.54) is 82.7 Å². The van der Waals surface area contributed by atoms with Gasteiger partial charge in [0.2, 0.25) is 5.01 Å². The van der Waals surface area contributed by atoms with Gasteiger partial charge in [0, 0.05) is 13.7 Å². The second-order valence-electron chi connectivity index (χ2n) is 8.59. The lowest BCUT2D eigenvalue weighted by molar-refractivity contribution is -0.382. The van der Waals surface area contributed by atoms with Crippen molar-refractivity contribution in [3.8, 4) is 0 Å². The fraction of sp³-hybridized carbons (Fsp3) is 0.833. The van der Waals surface area contributed by atoms with Crippen LogP contribution < -0.4 is 15.2 Å². The Morgan fingerprint density at radius 3 is 2.23 bits per heavy atom. The minimum absolute atomic E-state index is 0.0204. The summed E-state index contributed by atoms with van der Waals surface area (Å²) in [6, 6.07) is 0. The van der Waals surface area contributed by atoms with Crippen LogP contribution in [0.25, 0.3) is 0 Å². The first-order valence-corrected chi connectivity index (χ1v) is 15.3. The molecule has 204 valence electrons. The largest absolute Gasteiger partial charge is 0.756 e. The lowest BCUT2D eigenvalue weighted by Crippen LogP contribution is -2.31. The Balaban J connectivity index is 1.98. The van der Waals surface area contributed by atoms with Gasteiger partial charge in [0.1, 0.15) is 12.7 Å². The van der Waals surface area contributed by atoms with Crippen LogP contribution in [0.1, 0.15) is 89.0 Å². The molecule has 0 saturated carbocycles. The van der Waals surface area contributed by atoms with E-state index < -0.39 is 20.0 Å². The number of methoxy groups -OCH3 is 1. The molecule has 1 aromatic rings. The maximum Gasteiger partial charge on any atom is 0.407 e. The number of H-pyrrole nitrogens is 1. The van der Waals surface area contributed by atoms with E-state index in [4.69, 9.17) is 18.5 Å². The topological polar surface area (TPSA) is 120 Å². The number of thiazole rings is 1. The van der Waals surface area contributed by atoms with Gasteiger partial charge in [-0.1, -0.05) is 88.9 Å². The zero-order valence-corrected chi connectivity index (χ0v) is 23.2. The second kappa shape index (κ2) is 21.1. The van der Waals surface area contributed by atoms with Gasteiger partial charge >= 0.3 is 6.09 Å². The number of amides is 1. The molecule has 0 saturated heterocycles. The van der Waals surface area contributed by atoms with E-state index in [0.717, 1.165) is 17.8 Å². The Morgan fingerprint density at radius 2 is 1.66 bits per heavy atom. The van der Waals surface area contributed by atoms with Crippen LogP contribution in [-0.4, -0.2) is 45.7 Å². The highest BCUT2D eigenvalue weighted by molar-refractivity contribution is 7.45. The smallest absolute Gasteiger partial charge is 0.407 e. The number of hydrogen-bond donors (Lipinski definition) is 1. The van der Waals surface area contributed by atoms with Crippen LogP contribution in [-0.2, 0) is 29.5 Å². The normalized spacial score (nSPS) is 13.9. The highest BCUT2D eigenvalue weighted by atomic mass is 32.1. The van der Waals surface area contributed by atoms with Crippen molar-refractivity contribution in [2.45, 2.75) is 96.5 Å². The number of carbonyl (C=O) groups excluding carboxylic acids is 1. The molecule has 2 unspecified atom stereocenters. The van der Waals surface area contributed by atoms with Crippen molar-refractivity contribution in [2.75, 3.05) is 33.5 Å². The highest BCUT2D eigenvalue weighted by Crippen LogP contribution is 2.38. The number of phosphoric ester groups is 1. The van der Waals surface area contributed by atoms with E-state index in [0.29, 0.717) is 13.0 Å². The summed E-state index contributed by atoms with van der Waals surface area (Å²) in [4.78, 5) is 26.7. The van der Waals surface area contributed by atoms with E-state index in [9.17, 15) is 14.3 Å². The lowest BCUT2D eigenvalue weighted by atomic mass is 10.1. The third kappa shape index (κ3) is 18.8. The summed E-state index contributed by atoms with van der Waals surface area (Å²) in [5, 5.41) is 5.48. The first-order valence-electron chi connectivity index (χ1n) is 12.9. The first kappa shape index (κ1) is 32.0. The van der Waals surface area contributed by atoms with Crippen LogP contribution in [0.2, 0.25) is 0 Å². The number of phosphoric acid groups is 1. The second-order valence-corrected chi connectivity index (χ2v) is 11.0. The van der Waals surface area contributed by atoms with Crippen molar-refractivity contribution >= 4 is 25.3 Å². The summed E-state index contributed by atoms with van der Waals surface area (Å²) >= 11 is 1.48. The third-order valence-corrected chi connectivity index (χ3v) is 7.40. The molecule has 0 fully saturated rings. The molecule has 0 radical (unpaired) electrons. The molecule has 0 spiro atoms. The van der Waals surface area contributed by atoms with Gasteiger partial charge in [-0.2, -0.15) is 0 Å². The Kier molecular flexibility index (Phi) is 19.3. The summed E-state index contributed by atoms with van der Waals surface area (Å²) < 4.78 is 31.8. The Hall–Kier alpha value is -1.03. The Morgan fingerprint density at radius 1 is 1.03 bits per heavy atom. The summed E-state index contributed by atoms with van der Waals surface area (Å²) in [5.74, 6) is 0. The molecule has 1 aromatic heterocycles. The van der Waals surface area contributed by atoms with Gasteiger partial charge in [0.05, 0.1) is 25.0 Å². The number of nitrogens with one attached hydrogen (secondary N) is 2. The minimum Gasteiger partial charge on any atom is -0.756 e. The van der Waals surface area contributed by atoms with Gasteiger partial charge in [0.25, 0.3) is 7.82 Å². The number of hydrogen-bond acceptors (Lipinski definition) is 8. The highest BCUT2D eigenvalue weighted by Gasteiger charge is 2.17. The Labute approximate surface area is 214 Å². The summed E-state index contributed by atoms with van der Waals surface area (Å²) in [6.07, 6.45) is 16.1. The molecule has 1 amide bonds. The third-order valence-electron chi connectivity index (χ3n) is 5.55. The number of carbonyl (C=O) groups is 1. The van der Waals surface area contributed by atoms with Crippen molar-refractivity contribution in [3.63, 3.8) is 0 Å². The lowest BCUT2D eigenvalue weighted by Gasteiger charge is -2.24. The van der Waals surface area contributed by atoms with Crippen LogP contribution in [0.4, 0.5) is 4.79 Å². The number of aromatic amines is 1. The number of aromatic nitrogens is 1. The van der Waals surface area contributed by atoms with E-state index in [1.807, 2.05) is 5.38 Å². The van der Waals surface area contributed by atoms with E-state index in [2.05, 4.69) is 17.2 Å². The van der Waals surface area contributed by atoms with Gasteiger partial charge < -0.3 is 28.7 Å². The summed E-state index contributed by atoms with van der Waals surface area (Å²) in [6.45, 7) is 2.36. The predicted octanol–water partition coefficient (Wildman–Crippen LogP) is 5.05. The van der Waals surface area contributed by atoms with Crippen LogP contribution in [0, 0.1) is 0 Å². The first-order chi connectivity index (χ1) is 17.0. The predicted molar refractivity (Wildman–Crippen MR) is 135 cm³/mol. The standard InChI is InChI=1S/C24H45N2O7PS/c1-3-4-5-6-7-8-9-10-11-12-13-14-16-26-24(27)31-20-22(30-2)21-33-34(28,29)32-18-15-23-25-17-19-35-23/h17,19,22H,3-16,18,20-21H2,1-2H3,(H,26,27)(H,28,29). The molecule has 0 aromatic carbocycles. The van der Waals surface area contributed by atoms with Crippen LogP contribution in [0.5, 0.6) is 0 Å². The van der Waals surface area contributed by atoms with Crippen molar-refractivity contribution in [1.29, 1.82) is 0 Å². The molecule has 1 heterocycles. The quantitative estimate of drug-likeness (QED) is 0.153. The fourth-order valence-electron chi connectivity index (χ4n) is 3.43. The maximum absolute atomic E-state index is 11.9. The maximum atomic E-state index is 11.9. The molecule has 9 nitrogen and oxygen atoms in total.